The van der Waals surface area contributed by atoms with Gasteiger partial charge in [0.2, 0.25) is 0 Å². The first-order valence-electron chi connectivity index (χ1n) is 8.27. The van der Waals surface area contributed by atoms with Gasteiger partial charge in [-0.05, 0) is 43.3 Å². The fraction of sp³-hybridized carbons (Fsp3) is 0.450. The van der Waals surface area contributed by atoms with Crippen LogP contribution in [0.5, 0.6) is 0 Å². The van der Waals surface area contributed by atoms with Crippen LogP contribution in [0.15, 0.2) is 42.5 Å². The molecule has 0 spiro atoms. The first-order valence-corrected chi connectivity index (χ1v) is 8.27. The third kappa shape index (κ3) is 2.36. The highest BCUT2D eigenvalue weighted by Gasteiger charge is 2.49. The summed E-state index contributed by atoms with van der Waals surface area (Å²) in [6.07, 6.45) is 4.05. The van der Waals surface area contributed by atoms with Crippen LogP contribution in [-0.4, -0.2) is 30.8 Å². The zero-order valence-corrected chi connectivity index (χ0v) is 13.8. The van der Waals surface area contributed by atoms with Gasteiger partial charge in [0.25, 0.3) is 0 Å². The molecule has 1 aliphatic rings. The van der Waals surface area contributed by atoms with E-state index in [2.05, 4.69) is 47.4 Å². The lowest BCUT2D eigenvalue weighted by Gasteiger charge is -2.50. The fourth-order valence-electron chi connectivity index (χ4n) is 4.06. The molecule has 1 unspecified atom stereocenters. The average molecular weight is 295 g/mol. The third-order valence-electron chi connectivity index (χ3n) is 5.26. The number of rotatable bonds is 5. The van der Waals surface area contributed by atoms with E-state index in [1.165, 1.54) is 22.8 Å². The molecule has 0 heterocycles. The van der Waals surface area contributed by atoms with Crippen molar-refractivity contribution < 1.29 is 4.79 Å². The Hall–Kier alpha value is -1.67. The van der Waals surface area contributed by atoms with Gasteiger partial charge in [-0.2, -0.15) is 0 Å². The molecule has 22 heavy (non-hydrogen) atoms. The Morgan fingerprint density at radius 2 is 1.82 bits per heavy atom. The van der Waals surface area contributed by atoms with Crippen molar-refractivity contribution in [2.24, 2.45) is 0 Å². The second-order valence-corrected chi connectivity index (χ2v) is 6.76. The van der Waals surface area contributed by atoms with Crippen molar-refractivity contribution in [3.63, 3.8) is 0 Å². The van der Waals surface area contributed by atoms with E-state index in [1.807, 2.05) is 21.0 Å². The van der Waals surface area contributed by atoms with Gasteiger partial charge < -0.3 is 0 Å². The van der Waals surface area contributed by atoms with Crippen LogP contribution in [0.4, 0.5) is 0 Å². The SMILES string of the molecule is CCC(=O)C(N(C)C)C1(c2ccc3ccccc3c2)CCC1. The number of benzene rings is 2. The highest BCUT2D eigenvalue weighted by atomic mass is 16.1. The zero-order chi connectivity index (χ0) is 15.7. The van der Waals surface area contributed by atoms with Gasteiger partial charge in [-0.15, -0.1) is 0 Å². The van der Waals surface area contributed by atoms with Crippen LogP contribution in [0.2, 0.25) is 0 Å². The summed E-state index contributed by atoms with van der Waals surface area (Å²) in [4.78, 5) is 14.7. The van der Waals surface area contributed by atoms with E-state index in [-0.39, 0.29) is 11.5 Å². The topological polar surface area (TPSA) is 20.3 Å². The number of ketones is 1. The smallest absolute Gasteiger partial charge is 0.150 e. The molecule has 2 heteroatoms. The summed E-state index contributed by atoms with van der Waals surface area (Å²) < 4.78 is 0. The summed E-state index contributed by atoms with van der Waals surface area (Å²) >= 11 is 0. The molecule has 1 fully saturated rings. The predicted octanol–water partition coefficient (Wildman–Crippen LogP) is 4.17. The summed E-state index contributed by atoms with van der Waals surface area (Å²) in [6, 6.07) is 15.2. The molecule has 1 atom stereocenters. The highest BCUT2D eigenvalue weighted by Crippen LogP contribution is 2.48. The summed E-state index contributed by atoms with van der Waals surface area (Å²) in [6.45, 7) is 1.98. The molecule has 116 valence electrons. The van der Waals surface area contributed by atoms with Crippen LogP contribution in [0.1, 0.15) is 38.2 Å². The Labute approximate surface area is 133 Å². The van der Waals surface area contributed by atoms with Crippen molar-refractivity contribution in [1.29, 1.82) is 0 Å². The molecule has 0 amide bonds. The van der Waals surface area contributed by atoms with Gasteiger partial charge in [-0.25, -0.2) is 0 Å². The maximum absolute atomic E-state index is 12.6. The second kappa shape index (κ2) is 5.85. The van der Waals surface area contributed by atoms with Crippen LogP contribution in [0.3, 0.4) is 0 Å². The standard InChI is InChI=1S/C20H25NO/c1-4-18(22)19(21(2)3)20(12-7-13-20)17-11-10-15-8-5-6-9-16(15)14-17/h5-6,8-11,14,19H,4,7,12-13H2,1-3H3. The van der Waals surface area contributed by atoms with Crippen molar-refractivity contribution in [3.8, 4) is 0 Å². The minimum Gasteiger partial charge on any atom is -0.299 e. The van der Waals surface area contributed by atoms with Gasteiger partial charge in [0, 0.05) is 11.8 Å². The van der Waals surface area contributed by atoms with E-state index in [9.17, 15) is 4.79 Å². The van der Waals surface area contributed by atoms with Crippen molar-refractivity contribution in [3.05, 3.63) is 48.0 Å². The second-order valence-electron chi connectivity index (χ2n) is 6.76. The van der Waals surface area contributed by atoms with Crippen molar-refractivity contribution in [2.75, 3.05) is 14.1 Å². The largest absolute Gasteiger partial charge is 0.299 e. The van der Waals surface area contributed by atoms with Gasteiger partial charge in [0.1, 0.15) is 0 Å². The lowest BCUT2D eigenvalue weighted by Crippen LogP contribution is -2.56. The Morgan fingerprint density at radius 1 is 1.14 bits per heavy atom. The van der Waals surface area contributed by atoms with E-state index < -0.39 is 0 Å². The van der Waals surface area contributed by atoms with E-state index in [0.717, 1.165) is 12.8 Å². The summed E-state index contributed by atoms with van der Waals surface area (Å²) in [5, 5.41) is 2.54. The maximum atomic E-state index is 12.6. The average Bonchev–Trinajstić information content (AvgIpc) is 2.49. The number of nitrogens with zero attached hydrogens (tertiary/aromatic N) is 1. The summed E-state index contributed by atoms with van der Waals surface area (Å²) in [5.74, 6) is 0.359. The van der Waals surface area contributed by atoms with Crippen molar-refractivity contribution in [2.45, 2.75) is 44.1 Å². The number of Topliss-reactive ketones (excluding diaryl/α,β-unsaturated/α-hetero) is 1. The van der Waals surface area contributed by atoms with E-state index in [4.69, 9.17) is 0 Å². The quantitative estimate of drug-likeness (QED) is 0.825. The maximum Gasteiger partial charge on any atom is 0.150 e. The molecule has 0 N–H and O–H groups in total. The zero-order valence-electron chi connectivity index (χ0n) is 13.8. The summed E-state index contributed by atoms with van der Waals surface area (Å²) in [7, 11) is 4.08. The van der Waals surface area contributed by atoms with Crippen molar-refractivity contribution >= 4 is 16.6 Å². The molecular weight excluding hydrogens is 270 g/mol. The minimum atomic E-state index is -0.00703. The van der Waals surface area contributed by atoms with E-state index >= 15 is 0 Å². The fourth-order valence-corrected chi connectivity index (χ4v) is 4.06. The Kier molecular flexibility index (Phi) is 4.05. The van der Waals surface area contributed by atoms with Gasteiger partial charge in [-0.3, -0.25) is 9.69 Å². The molecule has 2 aromatic rings. The number of fused-ring (bicyclic) bond motifs is 1. The molecule has 0 saturated heterocycles. The first-order chi connectivity index (χ1) is 10.6. The molecule has 2 nitrogen and oxygen atoms in total. The Balaban J connectivity index is 2.09. The third-order valence-corrected chi connectivity index (χ3v) is 5.26. The Morgan fingerprint density at radius 3 is 2.36 bits per heavy atom. The molecule has 0 radical (unpaired) electrons. The van der Waals surface area contributed by atoms with Crippen molar-refractivity contribution in [1.82, 2.24) is 4.90 Å². The molecule has 1 saturated carbocycles. The van der Waals surface area contributed by atoms with Crippen LogP contribution in [-0.2, 0) is 10.2 Å². The minimum absolute atomic E-state index is 0.000620. The van der Waals surface area contributed by atoms with Gasteiger partial charge in [-0.1, -0.05) is 55.8 Å². The van der Waals surface area contributed by atoms with Gasteiger partial charge >= 0.3 is 0 Å². The highest BCUT2D eigenvalue weighted by molar-refractivity contribution is 5.87. The first kappa shape index (κ1) is 15.2. The lowest BCUT2D eigenvalue weighted by molar-refractivity contribution is -0.127. The normalized spacial score (nSPS) is 18.2. The van der Waals surface area contributed by atoms with Gasteiger partial charge in [0.05, 0.1) is 6.04 Å². The number of hydrogen-bond acceptors (Lipinski definition) is 2. The number of hydrogen-bond donors (Lipinski definition) is 0. The van der Waals surface area contributed by atoms with Gasteiger partial charge in [0.15, 0.2) is 5.78 Å². The molecule has 0 bridgehead atoms. The molecule has 0 aliphatic heterocycles. The molecule has 0 aromatic heterocycles. The Bertz CT molecular complexity index is 685. The van der Waals surface area contributed by atoms with E-state index in [1.54, 1.807) is 0 Å². The van der Waals surface area contributed by atoms with Crippen LogP contribution in [0, 0.1) is 0 Å². The number of carbonyl (C=O) groups is 1. The van der Waals surface area contributed by atoms with Crippen LogP contribution in [0.25, 0.3) is 10.8 Å². The predicted molar refractivity (Wildman–Crippen MR) is 92.3 cm³/mol. The van der Waals surface area contributed by atoms with Crippen LogP contribution < -0.4 is 0 Å². The molecule has 2 aromatic carbocycles. The van der Waals surface area contributed by atoms with Crippen LogP contribution >= 0.6 is 0 Å². The lowest BCUT2D eigenvalue weighted by atomic mass is 9.58. The molecule has 3 rings (SSSR count). The monoisotopic (exact) mass is 295 g/mol. The number of likely N-dealkylation sites (N-methyl/N-ethyl adjacent to an activating group) is 1. The molecule has 1 aliphatic carbocycles. The van der Waals surface area contributed by atoms with E-state index in [0.29, 0.717) is 12.2 Å². The number of carbonyl (C=O) groups excluding carboxylic acids is 1. The summed E-state index contributed by atoms with van der Waals surface area (Å²) in [5.41, 5.74) is 1.33. The molecular formula is C20H25NO.